The van der Waals surface area contributed by atoms with Crippen molar-refractivity contribution in [3.63, 3.8) is 0 Å². The van der Waals surface area contributed by atoms with Gasteiger partial charge in [-0.1, -0.05) is 36.4 Å². The van der Waals surface area contributed by atoms with Crippen molar-refractivity contribution in [2.45, 2.75) is 25.4 Å². The zero-order valence-electron chi connectivity index (χ0n) is 15.8. The van der Waals surface area contributed by atoms with Crippen LogP contribution in [0.25, 0.3) is 0 Å². The van der Waals surface area contributed by atoms with E-state index in [1.165, 1.54) is 0 Å². The second-order valence-corrected chi connectivity index (χ2v) is 7.39. The Hall–Kier alpha value is -3.61. The first-order chi connectivity index (χ1) is 14.2. The third kappa shape index (κ3) is 3.24. The Morgan fingerprint density at radius 3 is 2.79 bits per heavy atom. The summed E-state index contributed by atoms with van der Waals surface area (Å²) in [5, 5.41) is 10.1. The molecule has 7 heteroatoms. The van der Waals surface area contributed by atoms with E-state index in [2.05, 4.69) is 15.7 Å². The quantitative estimate of drug-likeness (QED) is 0.713. The van der Waals surface area contributed by atoms with Crippen LogP contribution in [0.5, 0.6) is 0 Å². The molecule has 3 heterocycles. The number of nitrogens with one attached hydrogen (secondary N) is 2. The highest BCUT2D eigenvalue weighted by molar-refractivity contribution is 6.05. The second-order valence-electron chi connectivity index (χ2n) is 7.39. The highest BCUT2D eigenvalue weighted by Crippen LogP contribution is 2.44. The van der Waals surface area contributed by atoms with Crippen molar-refractivity contribution in [2.75, 3.05) is 17.2 Å². The lowest BCUT2D eigenvalue weighted by Crippen LogP contribution is -2.23. The largest absolute Gasteiger partial charge is 0.331 e. The van der Waals surface area contributed by atoms with E-state index in [0.29, 0.717) is 23.6 Å². The number of amides is 3. The van der Waals surface area contributed by atoms with Crippen molar-refractivity contribution >= 4 is 23.4 Å². The fourth-order valence-electron chi connectivity index (χ4n) is 4.24. The lowest BCUT2D eigenvalue weighted by molar-refractivity contribution is 0.0776. The first-order valence-electron chi connectivity index (χ1n) is 9.78. The summed E-state index contributed by atoms with van der Waals surface area (Å²) in [6.45, 7) is 1.42. The lowest BCUT2D eigenvalue weighted by atomic mass is 10.0. The van der Waals surface area contributed by atoms with Crippen LogP contribution in [0.1, 0.15) is 40.4 Å². The van der Waals surface area contributed by atoms with E-state index >= 15 is 0 Å². The predicted octanol–water partition coefficient (Wildman–Crippen LogP) is 3.87. The molecule has 1 saturated heterocycles. The molecule has 2 N–H and O–H groups in total. The Morgan fingerprint density at radius 2 is 1.93 bits per heavy atom. The summed E-state index contributed by atoms with van der Waals surface area (Å²) in [6.07, 6.45) is 3.76. The summed E-state index contributed by atoms with van der Waals surface area (Å²) in [5.41, 5.74) is 3.45. The second kappa shape index (κ2) is 7.09. The molecule has 146 valence electrons. The van der Waals surface area contributed by atoms with Crippen LogP contribution in [0.2, 0.25) is 0 Å². The number of rotatable bonds is 4. The molecule has 7 nitrogen and oxygen atoms in total. The summed E-state index contributed by atoms with van der Waals surface area (Å²) in [6, 6.07) is 17.0. The van der Waals surface area contributed by atoms with Gasteiger partial charge in [0.25, 0.3) is 5.91 Å². The average molecular weight is 387 g/mol. The number of urea groups is 1. The van der Waals surface area contributed by atoms with Gasteiger partial charge in [0, 0.05) is 35.6 Å². The molecule has 0 aliphatic carbocycles. The zero-order valence-corrected chi connectivity index (χ0v) is 15.8. The lowest BCUT2D eigenvalue weighted by Gasteiger charge is -2.17. The van der Waals surface area contributed by atoms with Gasteiger partial charge in [-0.25, -0.2) is 4.79 Å². The molecule has 3 aromatic rings. The number of fused-ring (bicyclic) bond motifs is 3. The monoisotopic (exact) mass is 387 g/mol. The molecular formula is C22H21N5O2. The number of aromatic nitrogens is 2. The van der Waals surface area contributed by atoms with Crippen molar-refractivity contribution < 1.29 is 9.59 Å². The van der Waals surface area contributed by atoms with Gasteiger partial charge in [-0.2, -0.15) is 5.10 Å². The first kappa shape index (κ1) is 17.5. The molecule has 29 heavy (non-hydrogen) atoms. The maximum absolute atomic E-state index is 12.6. The normalized spacial score (nSPS) is 17.2. The predicted molar refractivity (Wildman–Crippen MR) is 110 cm³/mol. The van der Waals surface area contributed by atoms with E-state index in [4.69, 9.17) is 0 Å². The smallest absolute Gasteiger partial charge is 0.324 e. The molecule has 1 fully saturated rings. The van der Waals surface area contributed by atoms with E-state index in [-0.39, 0.29) is 18.0 Å². The van der Waals surface area contributed by atoms with Crippen molar-refractivity contribution in [1.29, 1.82) is 0 Å². The molecule has 0 bridgehead atoms. The van der Waals surface area contributed by atoms with Gasteiger partial charge in [-0.15, -0.1) is 0 Å². The fourth-order valence-corrected chi connectivity index (χ4v) is 4.24. The summed E-state index contributed by atoms with van der Waals surface area (Å²) >= 11 is 0. The Bertz CT molecular complexity index is 1080. The number of anilines is 2. The zero-order chi connectivity index (χ0) is 19.8. The van der Waals surface area contributed by atoms with Crippen molar-refractivity contribution in [3.05, 3.63) is 77.5 Å². The van der Waals surface area contributed by atoms with Gasteiger partial charge >= 0.3 is 6.03 Å². The van der Waals surface area contributed by atoms with Gasteiger partial charge < -0.3 is 10.2 Å². The van der Waals surface area contributed by atoms with E-state index < -0.39 is 0 Å². The molecule has 2 aromatic carbocycles. The molecular weight excluding hydrogens is 366 g/mol. The van der Waals surface area contributed by atoms with Crippen LogP contribution < -0.4 is 10.6 Å². The standard InChI is InChI=1S/C22H21N5O2/c28-21-16-8-4-9-17(20(16)18-10-5-12-27(18)21)23-22(29)24-19-11-13-26(25-19)14-15-6-2-1-3-7-15/h1-4,6-9,11,13,18H,5,10,12,14H2,(H2,23,24,25,29)/t18-/m0/s1. The molecule has 2 aliphatic rings. The van der Waals surface area contributed by atoms with Crippen LogP contribution in [0, 0.1) is 0 Å². The van der Waals surface area contributed by atoms with Crippen LogP contribution in [0.4, 0.5) is 16.3 Å². The van der Waals surface area contributed by atoms with Gasteiger partial charge in [-0.05, 0) is 30.5 Å². The molecule has 0 spiro atoms. The Morgan fingerprint density at radius 1 is 1.07 bits per heavy atom. The Balaban J connectivity index is 1.29. The van der Waals surface area contributed by atoms with E-state index in [1.807, 2.05) is 59.6 Å². The van der Waals surface area contributed by atoms with Gasteiger partial charge in [0.2, 0.25) is 0 Å². The van der Waals surface area contributed by atoms with Gasteiger partial charge in [-0.3, -0.25) is 14.8 Å². The minimum absolute atomic E-state index is 0.0613. The summed E-state index contributed by atoms with van der Waals surface area (Å²) < 4.78 is 1.78. The molecule has 0 unspecified atom stereocenters. The van der Waals surface area contributed by atoms with Crippen LogP contribution >= 0.6 is 0 Å². The minimum atomic E-state index is -0.368. The molecule has 1 aromatic heterocycles. The number of hydrogen-bond acceptors (Lipinski definition) is 3. The fraction of sp³-hybridized carbons (Fsp3) is 0.227. The number of nitrogens with zero attached hydrogens (tertiary/aromatic N) is 3. The van der Waals surface area contributed by atoms with Crippen molar-refractivity contribution in [1.82, 2.24) is 14.7 Å². The van der Waals surface area contributed by atoms with E-state index in [9.17, 15) is 9.59 Å². The molecule has 2 aliphatic heterocycles. The van der Waals surface area contributed by atoms with Gasteiger partial charge in [0.15, 0.2) is 5.82 Å². The summed E-state index contributed by atoms with van der Waals surface area (Å²) in [7, 11) is 0. The third-order valence-electron chi connectivity index (χ3n) is 5.50. The minimum Gasteiger partial charge on any atom is -0.331 e. The Kier molecular flexibility index (Phi) is 4.27. The summed E-state index contributed by atoms with van der Waals surface area (Å²) in [4.78, 5) is 27.0. The first-order valence-corrected chi connectivity index (χ1v) is 9.78. The maximum Gasteiger partial charge on any atom is 0.324 e. The van der Waals surface area contributed by atoms with E-state index in [0.717, 1.165) is 30.5 Å². The molecule has 0 radical (unpaired) electrons. The van der Waals surface area contributed by atoms with E-state index in [1.54, 1.807) is 10.7 Å². The summed E-state index contributed by atoms with van der Waals surface area (Å²) in [5.74, 6) is 0.538. The topological polar surface area (TPSA) is 79.3 Å². The van der Waals surface area contributed by atoms with Gasteiger partial charge in [0.1, 0.15) is 0 Å². The number of carbonyl (C=O) groups excluding carboxylic acids is 2. The third-order valence-corrected chi connectivity index (χ3v) is 5.50. The van der Waals surface area contributed by atoms with Crippen LogP contribution in [0.3, 0.4) is 0 Å². The van der Waals surface area contributed by atoms with Crippen molar-refractivity contribution in [3.8, 4) is 0 Å². The number of hydrogen-bond donors (Lipinski definition) is 2. The highest BCUT2D eigenvalue weighted by Gasteiger charge is 2.41. The highest BCUT2D eigenvalue weighted by atomic mass is 16.2. The average Bonchev–Trinajstić information content (AvgIpc) is 3.42. The van der Waals surface area contributed by atoms with Crippen LogP contribution in [-0.4, -0.2) is 33.2 Å². The van der Waals surface area contributed by atoms with Gasteiger partial charge in [0.05, 0.1) is 12.6 Å². The molecule has 1 atom stereocenters. The van der Waals surface area contributed by atoms with Crippen LogP contribution in [-0.2, 0) is 6.54 Å². The number of benzene rings is 2. The van der Waals surface area contributed by atoms with Crippen LogP contribution in [0.15, 0.2) is 60.8 Å². The molecule has 0 saturated carbocycles. The molecule has 5 rings (SSSR count). The number of carbonyl (C=O) groups is 2. The maximum atomic E-state index is 12.6. The Labute approximate surface area is 168 Å². The SMILES string of the molecule is O=C(Nc1ccn(Cc2ccccc2)n1)Nc1cccc2c1[C@@H]1CCCN1C2=O. The molecule has 3 amide bonds. The van der Waals surface area contributed by atoms with Crippen molar-refractivity contribution in [2.24, 2.45) is 0 Å².